The van der Waals surface area contributed by atoms with Crippen LogP contribution in [0.1, 0.15) is 29.5 Å². The Hall–Kier alpha value is -3.04. The highest BCUT2D eigenvalue weighted by Gasteiger charge is 2.28. The Morgan fingerprint density at radius 1 is 0.700 bits per heavy atom. The molecule has 0 aromatic heterocycles. The third kappa shape index (κ3) is 4.92. The first-order valence-corrected chi connectivity index (χ1v) is 10.9. The van der Waals surface area contributed by atoms with Gasteiger partial charge in [-0.15, -0.1) is 0 Å². The predicted octanol–water partition coefficient (Wildman–Crippen LogP) is 5.29. The third-order valence-electron chi connectivity index (χ3n) is 5.60. The monoisotopic (exact) mass is 397 g/mol. The van der Waals surface area contributed by atoms with Crippen LogP contribution in [0.5, 0.6) is 0 Å². The molecule has 0 spiro atoms. The van der Waals surface area contributed by atoms with Crippen LogP contribution in [0.15, 0.2) is 91.0 Å². The maximum Gasteiger partial charge on any atom is 0.0901 e. The maximum absolute atomic E-state index is 3.57. The molecule has 4 rings (SSSR count). The van der Waals surface area contributed by atoms with Crippen molar-refractivity contribution in [2.75, 3.05) is 26.8 Å². The number of hydrogen-bond acceptors (Lipinski definition) is 3. The Labute approximate surface area is 180 Å². The molecule has 1 aliphatic rings. The van der Waals surface area contributed by atoms with E-state index in [1.807, 2.05) is 0 Å². The first-order valence-electron chi connectivity index (χ1n) is 10.9. The highest BCUT2D eigenvalue weighted by atomic mass is 15.4. The quantitative estimate of drug-likeness (QED) is 0.495. The minimum absolute atomic E-state index is 0.936. The minimum Gasteiger partial charge on any atom is -0.355 e. The highest BCUT2D eigenvalue weighted by Crippen LogP contribution is 2.36. The summed E-state index contributed by atoms with van der Waals surface area (Å²) < 4.78 is 0. The lowest BCUT2D eigenvalue weighted by molar-refractivity contribution is 0.306. The number of benzene rings is 3. The van der Waals surface area contributed by atoms with Gasteiger partial charge in [0.15, 0.2) is 0 Å². The summed E-state index contributed by atoms with van der Waals surface area (Å²) in [6.45, 7) is 4.00. The molecule has 0 fully saturated rings. The van der Waals surface area contributed by atoms with Crippen LogP contribution in [0, 0.1) is 0 Å². The molecule has 0 bridgehead atoms. The summed E-state index contributed by atoms with van der Waals surface area (Å²) in [5.74, 6) is 0. The lowest BCUT2D eigenvalue weighted by atomic mass is 10.0. The molecule has 0 amide bonds. The summed E-state index contributed by atoms with van der Waals surface area (Å²) in [5.41, 5.74) is 6.60. The lowest BCUT2D eigenvalue weighted by Crippen LogP contribution is -2.26. The summed E-state index contributed by atoms with van der Waals surface area (Å²) in [7, 11) is 2.20. The largest absolute Gasteiger partial charge is 0.355 e. The highest BCUT2D eigenvalue weighted by molar-refractivity contribution is 5.90. The molecule has 0 saturated heterocycles. The van der Waals surface area contributed by atoms with Gasteiger partial charge in [0.1, 0.15) is 0 Å². The molecule has 0 unspecified atom stereocenters. The van der Waals surface area contributed by atoms with Crippen molar-refractivity contribution >= 4 is 11.4 Å². The molecule has 154 valence electrons. The average Bonchev–Trinajstić information content (AvgIpc) is 3.14. The van der Waals surface area contributed by atoms with E-state index in [0.717, 1.165) is 26.3 Å². The van der Waals surface area contributed by atoms with E-state index in [9.17, 15) is 0 Å². The molecular weight excluding hydrogens is 366 g/mol. The van der Waals surface area contributed by atoms with E-state index in [0.29, 0.717) is 0 Å². The Kier molecular flexibility index (Phi) is 6.83. The van der Waals surface area contributed by atoms with Crippen LogP contribution in [-0.2, 0) is 6.54 Å². The fourth-order valence-corrected chi connectivity index (χ4v) is 4.16. The summed E-state index contributed by atoms with van der Waals surface area (Å²) in [6, 6.07) is 32.2. The van der Waals surface area contributed by atoms with E-state index < -0.39 is 0 Å². The first kappa shape index (κ1) is 20.2. The van der Waals surface area contributed by atoms with E-state index in [2.05, 4.69) is 113 Å². The van der Waals surface area contributed by atoms with Crippen LogP contribution >= 0.6 is 0 Å². The maximum atomic E-state index is 3.57. The third-order valence-corrected chi connectivity index (χ3v) is 5.60. The zero-order valence-electron chi connectivity index (χ0n) is 17.8. The molecule has 0 radical (unpaired) electrons. The Balaban J connectivity index is 1.40. The van der Waals surface area contributed by atoms with E-state index in [1.54, 1.807) is 0 Å². The van der Waals surface area contributed by atoms with Gasteiger partial charge in [-0.25, -0.2) is 0 Å². The average molecular weight is 398 g/mol. The van der Waals surface area contributed by atoms with E-state index in [1.165, 1.54) is 40.9 Å². The summed E-state index contributed by atoms with van der Waals surface area (Å²) >= 11 is 0. The molecule has 3 heteroatoms. The topological polar surface area (TPSA) is 18.5 Å². The molecule has 30 heavy (non-hydrogen) atoms. The van der Waals surface area contributed by atoms with Crippen LogP contribution in [0.2, 0.25) is 0 Å². The van der Waals surface area contributed by atoms with Crippen LogP contribution in [-0.4, -0.2) is 36.6 Å². The van der Waals surface area contributed by atoms with Gasteiger partial charge in [0, 0.05) is 20.1 Å². The van der Waals surface area contributed by atoms with Gasteiger partial charge in [0.25, 0.3) is 0 Å². The Morgan fingerprint density at radius 2 is 1.27 bits per heavy atom. The van der Waals surface area contributed by atoms with Gasteiger partial charge >= 0.3 is 0 Å². The van der Waals surface area contributed by atoms with Crippen molar-refractivity contribution in [3.05, 3.63) is 108 Å². The summed E-state index contributed by atoms with van der Waals surface area (Å²) in [5, 5.41) is 3.57. The van der Waals surface area contributed by atoms with Crippen LogP contribution in [0.25, 0.3) is 11.4 Å². The molecule has 0 atom stereocenters. The van der Waals surface area contributed by atoms with E-state index >= 15 is 0 Å². The van der Waals surface area contributed by atoms with Gasteiger partial charge in [-0.3, -0.25) is 0 Å². The van der Waals surface area contributed by atoms with Crippen molar-refractivity contribution in [2.24, 2.45) is 0 Å². The van der Waals surface area contributed by atoms with E-state index in [-0.39, 0.29) is 0 Å². The SMILES string of the molecule is CN1CN(CCCCNCc2ccccc2)C(c2ccccc2)=C1c1ccccc1. The smallest absolute Gasteiger partial charge is 0.0901 e. The number of rotatable bonds is 9. The fraction of sp³-hybridized carbons (Fsp3) is 0.259. The Bertz CT molecular complexity index is 936. The number of hydrogen-bond donors (Lipinski definition) is 1. The second-order valence-corrected chi connectivity index (χ2v) is 7.90. The molecule has 1 N–H and O–H groups in total. The van der Waals surface area contributed by atoms with Crippen molar-refractivity contribution in [1.29, 1.82) is 0 Å². The van der Waals surface area contributed by atoms with Crippen LogP contribution < -0.4 is 5.32 Å². The van der Waals surface area contributed by atoms with Crippen LogP contribution in [0.4, 0.5) is 0 Å². The zero-order valence-corrected chi connectivity index (χ0v) is 17.8. The zero-order chi connectivity index (χ0) is 20.6. The van der Waals surface area contributed by atoms with Gasteiger partial charge in [0.05, 0.1) is 18.1 Å². The van der Waals surface area contributed by atoms with Crippen molar-refractivity contribution < 1.29 is 0 Å². The van der Waals surface area contributed by atoms with Gasteiger partial charge < -0.3 is 15.1 Å². The molecule has 1 aliphatic heterocycles. The normalized spacial score (nSPS) is 13.9. The van der Waals surface area contributed by atoms with Gasteiger partial charge in [-0.1, -0.05) is 91.0 Å². The van der Waals surface area contributed by atoms with Gasteiger partial charge in [0.2, 0.25) is 0 Å². The van der Waals surface area contributed by atoms with Crippen LogP contribution in [0.3, 0.4) is 0 Å². The Morgan fingerprint density at radius 3 is 1.90 bits per heavy atom. The molecule has 3 nitrogen and oxygen atoms in total. The second-order valence-electron chi connectivity index (χ2n) is 7.90. The molecular formula is C27H31N3. The van der Waals surface area contributed by atoms with Crippen molar-refractivity contribution in [3.63, 3.8) is 0 Å². The molecule has 3 aromatic carbocycles. The first-order chi connectivity index (χ1) is 14.8. The second kappa shape index (κ2) is 10.1. The van der Waals surface area contributed by atoms with Gasteiger partial charge in [-0.2, -0.15) is 0 Å². The molecule has 0 saturated carbocycles. The standard InChI is InChI=1S/C27H31N3/c1-29-22-30(20-12-11-19-28-21-23-13-5-2-6-14-23)27(25-17-9-4-10-18-25)26(29)24-15-7-3-8-16-24/h2-10,13-18,28H,11-12,19-22H2,1H3. The minimum atomic E-state index is 0.936. The molecule has 3 aromatic rings. The number of unbranched alkanes of at least 4 members (excludes halogenated alkanes) is 1. The molecule has 1 heterocycles. The lowest BCUT2D eigenvalue weighted by Gasteiger charge is -2.22. The number of nitrogens with one attached hydrogen (secondary N) is 1. The van der Waals surface area contributed by atoms with Crippen molar-refractivity contribution in [1.82, 2.24) is 15.1 Å². The van der Waals surface area contributed by atoms with Crippen molar-refractivity contribution in [2.45, 2.75) is 19.4 Å². The summed E-state index contributed by atoms with van der Waals surface area (Å²) in [4.78, 5) is 4.92. The van der Waals surface area contributed by atoms with Gasteiger partial charge in [-0.05, 0) is 36.1 Å². The van der Waals surface area contributed by atoms with E-state index in [4.69, 9.17) is 0 Å². The number of nitrogens with zero attached hydrogens (tertiary/aromatic N) is 2. The fourth-order valence-electron chi connectivity index (χ4n) is 4.16. The summed E-state index contributed by atoms with van der Waals surface area (Å²) in [6.07, 6.45) is 2.35. The molecule has 0 aliphatic carbocycles. The predicted molar refractivity (Wildman–Crippen MR) is 126 cm³/mol. The van der Waals surface area contributed by atoms with Crippen molar-refractivity contribution in [3.8, 4) is 0 Å².